The lowest BCUT2D eigenvalue weighted by molar-refractivity contribution is -0.00159. The summed E-state index contributed by atoms with van der Waals surface area (Å²) in [5.74, 6) is -0.749. The molecule has 6 nitrogen and oxygen atoms in total. The first-order valence-electron chi connectivity index (χ1n) is 10.1. The number of carbonyl (C=O) groups excluding carboxylic acids is 1. The van der Waals surface area contributed by atoms with Crippen LogP contribution in [0.5, 0.6) is 5.75 Å². The molecular weight excluding hydrogens is 412 g/mol. The van der Waals surface area contributed by atoms with Gasteiger partial charge in [0.1, 0.15) is 10.6 Å². The molecule has 0 aromatic heterocycles. The van der Waals surface area contributed by atoms with Gasteiger partial charge in [-0.2, -0.15) is 0 Å². The minimum Gasteiger partial charge on any atom is -0.492 e. The van der Waals surface area contributed by atoms with Crippen LogP contribution in [-0.2, 0) is 9.84 Å². The van der Waals surface area contributed by atoms with Crippen LogP contribution in [0.1, 0.15) is 42.1 Å². The molecule has 0 radical (unpaired) electrons. The van der Waals surface area contributed by atoms with E-state index in [1.807, 2.05) is 24.3 Å². The van der Waals surface area contributed by atoms with Crippen molar-refractivity contribution in [2.24, 2.45) is 0 Å². The molecule has 0 aliphatic carbocycles. The summed E-state index contributed by atoms with van der Waals surface area (Å²) in [6, 6.07) is 16.9. The van der Waals surface area contributed by atoms with Crippen LogP contribution in [-0.4, -0.2) is 30.6 Å². The highest BCUT2D eigenvalue weighted by Gasteiger charge is 2.40. The molecule has 0 bridgehead atoms. The Bertz CT molecular complexity index is 1280. The maximum atomic E-state index is 13.3. The average molecular weight is 437 g/mol. The van der Waals surface area contributed by atoms with E-state index in [1.54, 1.807) is 31.2 Å². The summed E-state index contributed by atoms with van der Waals surface area (Å²) in [5, 5.41) is 0.746. The van der Waals surface area contributed by atoms with E-state index in [1.165, 1.54) is 12.1 Å². The number of nitrogens with zero attached hydrogens (tertiary/aromatic N) is 2. The zero-order valence-electron chi connectivity index (χ0n) is 17.5. The normalized spacial score (nSPS) is 11.2. The fourth-order valence-corrected chi connectivity index (χ4v) is 4.67. The van der Waals surface area contributed by atoms with Gasteiger partial charge in [0.25, 0.3) is 15.6 Å². The molecule has 31 heavy (non-hydrogen) atoms. The van der Waals surface area contributed by atoms with E-state index in [-0.39, 0.29) is 16.2 Å². The van der Waals surface area contributed by atoms with Gasteiger partial charge in [0, 0.05) is 5.56 Å². The van der Waals surface area contributed by atoms with Crippen molar-refractivity contribution >= 4 is 31.4 Å². The summed E-state index contributed by atoms with van der Waals surface area (Å²) in [4.78, 5) is 15.7. The minimum atomic E-state index is -4.42. The summed E-state index contributed by atoms with van der Waals surface area (Å²) >= 11 is 0. The summed E-state index contributed by atoms with van der Waals surface area (Å²) in [6.45, 7) is 4.15. The molecule has 3 aromatic carbocycles. The van der Waals surface area contributed by atoms with Crippen molar-refractivity contribution in [1.82, 2.24) is 0 Å². The molecule has 0 aliphatic rings. The van der Waals surface area contributed by atoms with Gasteiger partial charge in [-0.1, -0.05) is 62.2 Å². The second-order valence-electron chi connectivity index (χ2n) is 7.31. The first kappa shape index (κ1) is 22.4. The van der Waals surface area contributed by atoms with Crippen molar-refractivity contribution in [3.8, 4) is 5.75 Å². The van der Waals surface area contributed by atoms with E-state index in [0.29, 0.717) is 12.2 Å². The number of sulfone groups is 1. The molecule has 0 atom stereocenters. The van der Waals surface area contributed by atoms with Gasteiger partial charge in [0.05, 0.1) is 6.61 Å². The molecule has 0 heterocycles. The Balaban J connectivity index is 1.99. The van der Waals surface area contributed by atoms with Gasteiger partial charge in [-0.25, -0.2) is 8.42 Å². The second-order valence-corrected chi connectivity index (χ2v) is 9.14. The van der Waals surface area contributed by atoms with Crippen molar-refractivity contribution in [3.05, 3.63) is 77.3 Å². The van der Waals surface area contributed by atoms with E-state index in [4.69, 9.17) is 4.74 Å². The Labute approximate surface area is 182 Å². The molecule has 0 N–H and O–H groups in total. The van der Waals surface area contributed by atoms with Gasteiger partial charge in [-0.15, -0.1) is 4.79 Å². The van der Waals surface area contributed by atoms with Crippen LogP contribution in [0.15, 0.2) is 65.6 Å². The molecule has 0 saturated carbocycles. The van der Waals surface area contributed by atoms with E-state index < -0.39 is 20.7 Å². The number of rotatable bonds is 8. The molecule has 160 valence electrons. The van der Waals surface area contributed by atoms with Crippen molar-refractivity contribution in [2.75, 3.05) is 6.61 Å². The van der Waals surface area contributed by atoms with Gasteiger partial charge in [0.15, 0.2) is 0 Å². The molecule has 3 rings (SSSR count). The molecule has 0 aliphatic heterocycles. The predicted molar refractivity (Wildman–Crippen MR) is 120 cm³/mol. The zero-order valence-corrected chi connectivity index (χ0v) is 18.4. The lowest BCUT2D eigenvalue weighted by Crippen LogP contribution is -2.26. The van der Waals surface area contributed by atoms with Gasteiger partial charge < -0.3 is 10.3 Å². The summed E-state index contributed by atoms with van der Waals surface area (Å²) < 4.78 is 32.3. The summed E-state index contributed by atoms with van der Waals surface area (Å²) in [6.07, 6.45) is 2.74. The van der Waals surface area contributed by atoms with Crippen LogP contribution in [0.4, 0.5) is 0 Å². The largest absolute Gasteiger partial charge is 0.492 e. The Morgan fingerprint density at radius 2 is 1.74 bits per heavy atom. The number of hydrogen-bond donors (Lipinski definition) is 0. The van der Waals surface area contributed by atoms with Crippen LogP contribution in [0.2, 0.25) is 0 Å². The third-order valence-corrected chi connectivity index (χ3v) is 6.62. The van der Waals surface area contributed by atoms with Crippen molar-refractivity contribution in [1.29, 1.82) is 0 Å². The Hall–Kier alpha value is -3.28. The maximum Gasteiger partial charge on any atom is 0.457 e. The van der Waals surface area contributed by atoms with Crippen molar-refractivity contribution in [2.45, 2.75) is 38.0 Å². The summed E-state index contributed by atoms with van der Waals surface area (Å²) in [7, 11) is -4.42. The third kappa shape index (κ3) is 4.90. The highest BCUT2D eigenvalue weighted by atomic mass is 32.2. The first-order chi connectivity index (χ1) is 14.9. The van der Waals surface area contributed by atoms with E-state index >= 15 is 0 Å². The van der Waals surface area contributed by atoms with Crippen molar-refractivity contribution < 1.29 is 22.7 Å². The maximum absolute atomic E-state index is 13.3. The van der Waals surface area contributed by atoms with Crippen LogP contribution < -0.4 is 4.74 Å². The van der Waals surface area contributed by atoms with Crippen LogP contribution >= 0.6 is 0 Å². The van der Waals surface area contributed by atoms with Crippen LogP contribution in [0.25, 0.3) is 16.3 Å². The van der Waals surface area contributed by atoms with Crippen LogP contribution in [0, 0.1) is 6.92 Å². The number of benzene rings is 3. The number of hydrogen-bond acceptors (Lipinski definition) is 4. The SMILES string of the molecule is CCCCCOc1ccc(C)cc1S(=O)(=O)C(=[N+]=[N-])C(=O)c1ccc2ccccc2c1. The van der Waals surface area contributed by atoms with E-state index in [0.717, 1.165) is 30.0 Å². The fourth-order valence-electron chi connectivity index (χ4n) is 3.26. The van der Waals surface area contributed by atoms with E-state index in [9.17, 15) is 18.7 Å². The van der Waals surface area contributed by atoms with Crippen LogP contribution in [0.3, 0.4) is 0 Å². The summed E-state index contributed by atoms with van der Waals surface area (Å²) in [5.41, 5.74) is 10.3. The van der Waals surface area contributed by atoms with Gasteiger partial charge in [-0.05, 0) is 47.9 Å². The molecule has 3 aromatic rings. The van der Waals surface area contributed by atoms with Gasteiger partial charge in [-0.3, -0.25) is 4.79 Å². The second kappa shape index (κ2) is 9.69. The lowest BCUT2D eigenvalue weighted by Gasteiger charge is -2.11. The zero-order chi connectivity index (χ0) is 22.4. The highest BCUT2D eigenvalue weighted by Crippen LogP contribution is 2.28. The Morgan fingerprint density at radius 3 is 2.45 bits per heavy atom. The standard InChI is InChI=1S/C24H24N2O4S/c1-3-4-7-14-30-21-13-10-17(2)15-22(21)31(28,29)24(26-25)23(27)20-12-11-18-8-5-6-9-19(18)16-20/h5-6,8-13,15-16H,3-4,7,14H2,1-2H3. The molecule has 0 spiro atoms. The number of ketones is 1. The number of aryl methyl sites for hydroxylation is 1. The molecule has 0 amide bonds. The molecule has 0 unspecified atom stereocenters. The smallest absolute Gasteiger partial charge is 0.457 e. The number of carbonyl (C=O) groups is 1. The monoisotopic (exact) mass is 436 g/mol. The van der Waals surface area contributed by atoms with Gasteiger partial charge >= 0.3 is 5.04 Å². The number of unbranched alkanes of at least 4 members (excludes halogenated alkanes) is 2. The highest BCUT2D eigenvalue weighted by molar-refractivity contribution is 8.08. The number of Topliss-reactive ketones (excluding diaryl/α,β-unsaturated/α-hetero) is 1. The molecule has 0 saturated heterocycles. The Kier molecular flexibility index (Phi) is 7.00. The molecular formula is C24H24N2O4S. The number of ether oxygens (including phenoxy) is 1. The molecule has 7 heteroatoms. The third-order valence-electron chi connectivity index (χ3n) is 4.95. The predicted octanol–water partition coefficient (Wildman–Crippen LogP) is 5.00. The average Bonchev–Trinajstić information content (AvgIpc) is 2.77. The first-order valence-corrected chi connectivity index (χ1v) is 11.6. The molecule has 0 fully saturated rings. The topological polar surface area (TPSA) is 96.8 Å². The van der Waals surface area contributed by atoms with E-state index in [2.05, 4.69) is 11.7 Å². The lowest BCUT2D eigenvalue weighted by atomic mass is 10.0. The fraction of sp³-hybridized carbons (Fsp3) is 0.250. The number of fused-ring (bicyclic) bond motifs is 1. The quantitative estimate of drug-likeness (QED) is 0.124. The van der Waals surface area contributed by atoms with Gasteiger partial charge in [0.2, 0.25) is 0 Å². The van der Waals surface area contributed by atoms with Crippen molar-refractivity contribution in [3.63, 3.8) is 0 Å². The minimum absolute atomic E-state index is 0.119. The Morgan fingerprint density at radius 1 is 1.00 bits per heavy atom.